The first kappa shape index (κ1) is 12.5. The normalized spacial score (nSPS) is 12.1. The van der Waals surface area contributed by atoms with E-state index >= 15 is 0 Å². The lowest BCUT2D eigenvalue weighted by Crippen LogP contribution is -2.33. The van der Waals surface area contributed by atoms with Crippen LogP contribution in [0.1, 0.15) is 19.4 Å². The van der Waals surface area contributed by atoms with Gasteiger partial charge in [0, 0.05) is 6.54 Å². The first-order valence-electron chi connectivity index (χ1n) is 5.31. The summed E-state index contributed by atoms with van der Waals surface area (Å²) < 4.78 is 5.36. The Hall–Kier alpha value is -1.55. The molecule has 4 heteroatoms. The van der Waals surface area contributed by atoms with E-state index in [0.29, 0.717) is 13.2 Å². The van der Waals surface area contributed by atoms with Gasteiger partial charge in [0.2, 0.25) is 0 Å². The van der Waals surface area contributed by atoms with Gasteiger partial charge in [0.1, 0.15) is 11.8 Å². The summed E-state index contributed by atoms with van der Waals surface area (Å²) in [4.78, 5) is 10.6. The van der Waals surface area contributed by atoms with Gasteiger partial charge in [0.15, 0.2) is 0 Å². The second-order valence-electron chi connectivity index (χ2n) is 3.52. The number of hydrogen-bond donors (Lipinski definition) is 2. The van der Waals surface area contributed by atoms with E-state index in [9.17, 15) is 4.79 Å². The number of hydrogen-bond acceptors (Lipinski definition) is 3. The molecule has 0 spiro atoms. The van der Waals surface area contributed by atoms with Gasteiger partial charge in [-0.05, 0) is 31.5 Å². The summed E-state index contributed by atoms with van der Waals surface area (Å²) in [5, 5.41) is 11.6. The summed E-state index contributed by atoms with van der Waals surface area (Å²) in [6.45, 7) is 4.70. The third-order valence-electron chi connectivity index (χ3n) is 2.19. The maximum absolute atomic E-state index is 10.6. The van der Waals surface area contributed by atoms with Crippen LogP contribution in [0.25, 0.3) is 0 Å². The minimum atomic E-state index is -0.846. The molecule has 4 nitrogen and oxygen atoms in total. The van der Waals surface area contributed by atoms with Crippen LogP contribution in [0.15, 0.2) is 24.3 Å². The van der Waals surface area contributed by atoms with Gasteiger partial charge in [-0.2, -0.15) is 0 Å². The minimum Gasteiger partial charge on any atom is -0.494 e. The third-order valence-corrected chi connectivity index (χ3v) is 2.19. The second kappa shape index (κ2) is 6.12. The summed E-state index contributed by atoms with van der Waals surface area (Å²) in [6, 6.07) is 7.08. The van der Waals surface area contributed by atoms with E-state index in [4.69, 9.17) is 9.84 Å². The molecule has 0 aromatic heterocycles. The molecule has 1 rings (SSSR count). The fraction of sp³-hybridized carbons (Fsp3) is 0.417. The fourth-order valence-corrected chi connectivity index (χ4v) is 1.27. The van der Waals surface area contributed by atoms with Gasteiger partial charge in [-0.1, -0.05) is 12.1 Å². The van der Waals surface area contributed by atoms with Gasteiger partial charge < -0.3 is 15.2 Å². The van der Waals surface area contributed by atoms with Crippen molar-refractivity contribution >= 4 is 5.97 Å². The number of nitrogens with one attached hydrogen (secondary N) is 1. The summed E-state index contributed by atoms with van der Waals surface area (Å²) in [5.74, 6) is -0.0364. The molecule has 16 heavy (non-hydrogen) atoms. The molecule has 0 aliphatic carbocycles. The van der Waals surface area contributed by atoms with E-state index in [1.807, 2.05) is 31.2 Å². The molecule has 0 saturated heterocycles. The van der Waals surface area contributed by atoms with Crippen LogP contribution < -0.4 is 10.1 Å². The Kier molecular flexibility index (Phi) is 4.79. The van der Waals surface area contributed by atoms with Crippen molar-refractivity contribution in [2.24, 2.45) is 0 Å². The lowest BCUT2D eigenvalue weighted by atomic mass is 10.2. The number of benzene rings is 1. The highest BCUT2D eigenvalue weighted by atomic mass is 16.5. The quantitative estimate of drug-likeness (QED) is 0.769. The lowest BCUT2D eigenvalue weighted by molar-refractivity contribution is -0.139. The smallest absolute Gasteiger partial charge is 0.320 e. The van der Waals surface area contributed by atoms with Gasteiger partial charge >= 0.3 is 5.97 Å². The van der Waals surface area contributed by atoms with Gasteiger partial charge in [0.05, 0.1) is 6.61 Å². The Bertz CT molecular complexity index is 352. The number of ether oxygens (including phenoxy) is 1. The highest BCUT2D eigenvalue weighted by Gasteiger charge is 2.09. The van der Waals surface area contributed by atoms with Gasteiger partial charge in [-0.15, -0.1) is 0 Å². The minimum absolute atomic E-state index is 0.522. The van der Waals surface area contributed by atoms with Crippen LogP contribution in [0, 0.1) is 0 Å². The zero-order chi connectivity index (χ0) is 12.0. The number of rotatable bonds is 6. The predicted octanol–water partition coefficient (Wildman–Crippen LogP) is 1.65. The van der Waals surface area contributed by atoms with Crippen molar-refractivity contribution < 1.29 is 14.6 Å². The molecule has 0 saturated carbocycles. The van der Waals surface area contributed by atoms with Gasteiger partial charge in [-0.25, -0.2) is 0 Å². The molecule has 1 atom stereocenters. The number of carboxylic acids is 1. The first-order chi connectivity index (χ1) is 7.63. The lowest BCUT2D eigenvalue weighted by Gasteiger charge is -2.10. The fourth-order valence-electron chi connectivity index (χ4n) is 1.27. The van der Waals surface area contributed by atoms with E-state index < -0.39 is 12.0 Å². The highest BCUT2D eigenvalue weighted by molar-refractivity contribution is 5.72. The highest BCUT2D eigenvalue weighted by Crippen LogP contribution is 2.13. The van der Waals surface area contributed by atoms with Crippen LogP contribution in [0.4, 0.5) is 0 Å². The molecular weight excluding hydrogens is 206 g/mol. The molecule has 0 amide bonds. The maximum atomic E-state index is 10.6. The van der Waals surface area contributed by atoms with Crippen molar-refractivity contribution in [1.82, 2.24) is 5.32 Å². The number of aliphatic carboxylic acids is 1. The molecular formula is C12H17NO3. The molecule has 88 valence electrons. The number of carboxylic acid groups (broad SMARTS) is 1. The Morgan fingerprint density at radius 1 is 1.56 bits per heavy atom. The van der Waals surface area contributed by atoms with Crippen LogP contribution >= 0.6 is 0 Å². The van der Waals surface area contributed by atoms with Crippen molar-refractivity contribution in [1.29, 1.82) is 0 Å². The Morgan fingerprint density at radius 3 is 2.94 bits per heavy atom. The summed E-state index contributed by atoms with van der Waals surface area (Å²) >= 11 is 0. The maximum Gasteiger partial charge on any atom is 0.320 e. The van der Waals surface area contributed by atoms with E-state index in [1.165, 1.54) is 0 Å². The molecule has 1 aromatic rings. The van der Waals surface area contributed by atoms with E-state index in [2.05, 4.69) is 5.32 Å². The van der Waals surface area contributed by atoms with Crippen molar-refractivity contribution in [2.75, 3.05) is 6.61 Å². The summed E-state index contributed by atoms with van der Waals surface area (Å²) in [5.41, 5.74) is 1.01. The van der Waals surface area contributed by atoms with E-state index in [0.717, 1.165) is 11.3 Å². The number of carbonyl (C=O) groups is 1. The summed E-state index contributed by atoms with van der Waals surface area (Å²) in [6.07, 6.45) is 0. The zero-order valence-corrected chi connectivity index (χ0v) is 9.56. The topological polar surface area (TPSA) is 58.6 Å². The van der Waals surface area contributed by atoms with Crippen LogP contribution in [-0.2, 0) is 11.3 Å². The molecule has 0 heterocycles. The molecule has 0 fully saturated rings. The van der Waals surface area contributed by atoms with Crippen molar-refractivity contribution in [3.63, 3.8) is 0 Å². The van der Waals surface area contributed by atoms with Crippen molar-refractivity contribution in [3.05, 3.63) is 29.8 Å². The van der Waals surface area contributed by atoms with E-state index in [-0.39, 0.29) is 0 Å². The molecule has 1 unspecified atom stereocenters. The molecule has 0 radical (unpaired) electrons. The second-order valence-corrected chi connectivity index (χ2v) is 3.52. The Morgan fingerprint density at radius 2 is 2.31 bits per heavy atom. The average molecular weight is 223 g/mol. The largest absolute Gasteiger partial charge is 0.494 e. The van der Waals surface area contributed by atoms with Crippen LogP contribution in [-0.4, -0.2) is 23.7 Å². The Labute approximate surface area is 95.2 Å². The zero-order valence-electron chi connectivity index (χ0n) is 9.56. The SMILES string of the molecule is CCOc1cccc(CNC(C)C(=O)O)c1. The van der Waals surface area contributed by atoms with Gasteiger partial charge in [-0.3, -0.25) is 4.79 Å². The predicted molar refractivity (Wildman–Crippen MR) is 61.5 cm³/mol. The Balaban J connectivity index is 2.53. The third kappa shape index (κ3) is 3.90. The molecule has 2 N–H and O–H groups in total. The first-order valence-corrected chi connectivity index (χ1v) is 5.31. The van der Waals surface area contributed by atoms with E-state index in [1.54, 1.807) is 6.92 Å². The van der Waals surface area contributed by atoms with Crippen LogP contribution in [0.2, 0.25) is 0 Å². The van der Waals surface area contributed by atoms with Crippen molar-refractivity contribution in [2.45, 2.75) is 26.4 Å². The molecule has 0 aliphatic rings. The van der Waals surface area contributed by atoms with Crippen LogP contribution in [0.5, 0.6) is 5.75 Å². The summed E-state index contributed by atoms with van der Waals surface area (Å²) in [7, 11) is 0. The average Bonchev–Trinajstić information content (AvgIpc) is 2.26. The standard InChI is InChI=1S/C12H17NO3/c1-3-16-11-6-4-5-10(7-11)8-13-9(2)12(14)15/h4-7,9,13H,3,8H2,1-2H3,(H,14,15). The van der Waals surface area contributed by atoms with Gasteiger partial charge in [0.25, 0.3) is 0 Å². The van der Waals surface area contributed by atoms with Crippen LogP contribution in [0.3, 0.4) is 0 Å². The molecule has 0 aliphatic heterocycles. The molecule has 0 bridgehead atoms. The molecule has 1 aromatic carbocycles. The van der Waals surface area contributed by atoms with Crippen molar-refractivity contribution in [3.8, 4) is 5.75 Å². The monoisotopic (exact) mass is 223 g/mol.